The lowest BCUT2D eigenvalue weighted by Gasteiger charge is -2.35. The van der Waals surface area contributed by atoms with Crippen LogP contribution in [0.5, 0.6) is 0 Å². The molecule has 6 nitrogen and oxygen atoms in total. The largest absolute Gasteiger partial charge is 0.456 e. The fourth-order valence-electron chi connectivity index (χ4n) is 4.12. The van der Waals surface area contributed by atoms with Crippen molar-refractivity contribution in [3.63, 3.8) is 0 Å². The van der Waals surface area contributed by atoms with Gasteiger partial charge in [-0.15, -0.1) is 0 Å². The summed E-state index contributed by atoms with van der Waals surface area (Å²) < 4.78 is 5.49. The quantitative estimate of drug-likeness (QED) is 0.319. The van der Waals surface area contributed by atoms with Gasteiger partial charge in [0, 0.05) is 31.9 Å². The van der Waals surface area contributed by atoms with E-state index >= 15 is 0 Å². The number of nitrogens with one attached hydrogen (secondary N) is 1. The Balaban J connectivity index is 1.67. The standard InChI is InChI=1S/C27H45N3O3/c1-5-6-7-8-9-10-11-14-17-29-18-20-30(21-19-29)25(31)22-28-24-16-13-12-15-23(24)26(32)33-27(2,3)4/h12-13,15-16,28H,5-11,14,17-22H2,1-4H3. The van der Waals surface area contributed by atoms with E-state index in [1.54, 1.807) is 12.1 Å². The Hall–Kier alpha value is -2.08. The van der Waals surface area contributed by atoms with E-state index in [-0.39, 0.29) is 18.4 Å². The van der Waals surface area contributed by atoms with E-state index in [1.165, 1.54) is 51.4 Å². The topological polar surface area (TPSA) is 61.9 Å². The van der Waals surface area contributed by atoms with Gasteiger partial charge >= 0.3 is 5.97 Å². The fraction of sp³-hybridized carbons (Fsp3) is 0.704. The predicted molar refractivity (Wildman–Crippen MR) is 136 cm³/mol. The molecule has 0 atom stereocenters. The Kier molecular flexibility index (Phi) is 11.7. The molecule has 1 aliphatic heterocycles. The van der Waals surface area contributed by atoms with Crippen molar-refractivity contribution in [3.05, 3.63) is 29.8 Å². The fourth-order valence-corrected chi connectivity index (χ4v) is 4.12. The highest BCUT2D eigenvalue weighted by molar-refractivity contribution is 5.96. The third-order valence-corrected chi connectivity index (χ3v) is 6.03. The van der Waals surface area contributed by atoms with Crippen molar-refractivity contribution in [3.8, 4) is 0 Å². The molecule has 1 heterocycles. The number of carbonyl (C=O) groups is 2. The highest BCUT2D eigenvalue weighted by atomic mass is 16.6. The van der Waals surface area contributed by atoms with Crippen LogP contribution in [0.3, 0.4) is 0 Å². The maximum absolute atomic E-state index is 12.7. The summed E-state index contributed by atoms with van der Waals surface area (Å²) >= 11 is 0. The molecule has 33 heavy (non-hydrogen) atoms. The van der Waals surface area contributed by atoms with Crippen LogP contribution in [0.4, 0.5) is 5.69 Å². The zero-order valence-electron chi connectivity index (χ0n) is 21.3. The van der Waals surface area contributed by atoms with E-state index in [0.717, 1.165) is 32.7 Å². The molecule has 1 aliphatic rings. The number of esters is 1. The molecule has 2 rings (SSSR count). The van der Waals surface area contributed by atoms with Crippen molar-refractivity contribution in [2.75, 3.05) is 44.6 Å². The second-order valence-electron chi connectivity index (χ2n) is 10.1. The number of rotatable bonds is 13. The normalized spacial score (nSPS) is 14.8. The Morgan fingerprint density at radius 1 is 0.909 bits per heavy atom. The van der Waals surface area contributed by atoms with E-state index in [4.69, 9.17) is 4.74 Å². The van der Waals surface area contributed by atoms with Crippen LogP contribution in [0.1, 0.15) is 89.4 Å². The molecular weight excluding hydrogens is 414 g/mol. The van der Waals surface area contributed by atoms with Crippen LogP contribution in [0, 0.1) is 0 Å². The van der Waals surface area contributed by atoms with Crippen LogP contribution in [0.2, 0.25) is 0 Å². The van der Waals surface area contributed by atoms with Gasteiger partial charge in [-0.3, -0.25) is 9.69 Å². The van der Waals surface area contributed by atoms with E-state index in [9.17, 15) is 9.59 Å². The zero-order valence-corrected chi connectivity index (χ0v) is 21.3. The minimum absolute atomic E-state index is 0.0701. The minimum Gasteiger partial charge on any atom is -0.456 e. The number of piperazine rings is 1. The predicted octanol–water partition coefficient (Wildman–Crippen LogP) is 5.34. The van der Waals surface area contributed by atoms with Crippen LogP contribution in [0.25, 0.3) is 0 Å². The molecular formula is C27H45N3O3. The van der Waals surface area contributed by atoms with Gasteiger partial charge < -0.3 is 15.0 Å². The number of anilines is 1. The van der Waals surface area contributed by atoms with Gasteiger partial charge in [-0.1, -0.05) is 64.0 Å². The second kappa shape index (κ2) is 14.2. The molecule has 1 aromatic rings. The number of para-hydroxylation sites is 1. The highest BCUT2D eigenvalue weighted by Gasteiger charge is 2.23. The van der Waals surface area contributed by atoms with Gasteiger partial charge in [-0.2, -0.15) is 0 Å². The molecule has 0 aromatic heterocycles. The van der Waals surface area contributed by atoms with Gasteiger partial charge in [-0.25, -0.2) is 4.79 Å². The second-order valence-corrected chi connectivity index (χ2v) is 10.1. The van der Waals surface area contributed by atoms with Crippen molar-refractivity contribution in [2.45, 2.75) is 84.7 Å². The van der Waals surface area contributed by atoms with Crippen LogP contribution >= 0.6 is 0 Å². The number of ether oxygens (including phenoxy) is 1. The van der Waals surface area contributed by atoms with Gasteiger partial charge in [0.05, 0.1) is 12.1 Å². The lowest BCUT2D eigenvalue weighted by Crippen LogP contribution is -2.50. The summed E-state index contributed by atoms with van der Waals surface area (Å²) in [6.45, 7) is 12.5. The lowest BCUT2D eigenvalue weighted by atomic mass is 10.1. The average molecular weight is 460 g/mol. The summed E-state index contributed by atoms with van der Waals surface area (Å²) in [4.78, 5) is 29.6. The summed E-state index contributed by atoms with van der Waals surface area (Å²) in [6.07, 6.45) is 10.7. The third kappa shape index (κ3) is 10.6. The SMILES string of the molecule is CCCCCCCCCCN1CCN(C(=O)CNc2ccccc2C(=O)OC(C)(C)C)CC1. The zero-order chi connectivity index (χ0) is 24.1. The summed E-state index contributed by atoms with van der Waals surface area (Å²) in [5.74, 6) is -0.312. The van der Waals surface area contributed by atoms with Crippen LogP contribution in [0.15, 0.2) is 24.3 Å². The van der Waals surface area contributed by atoms with Crippen molar-refractivity contribution < 1.29 is 14.3 Å². The van der Waals surface area contributed by atoms with Gasteiger partial charge in [-0.05, 0) is 45.9 Å². The maximum Gasteiger partial charge on any atom is 0.340 e. The molecule has 6 heteroatoms. The molecule has 1 aromatic carbocycles. The number of hydrogen-bond acceptors (Lipinski definition) is 5. The van der Waals surface area contributed by atoms with Crippen molar-refractivity contribution in [1.29, 1.82) is 0 Å². The summed E-state index contributed by atoms with van der Waals surface area (Å²) in [7, 11) is 0. The number of amides is 1. The van der Waals surface area contributed by atoms with Crippen LogP contribution < -0.4 is 5.32 Å². The molecule has 0 unspecified atom stereocenters. The number of nitrogens with zero attached hydrogens (tertiary/aromatic N) is 2. The molecule has 0 aliphatic carbocycles. The molecule has 1 fully saturated rings. The first kappa shape index (κ1) is 27.2. The van der Waals surface area contributed by atoms with E-state index < -0.39 is 5.60 Å². The van der Waals surface area contributed by atoms with E-state index in [2.05, 4.69) is 17.1 Å². The Bertz CT molecular complexity index is 722. The molecule has 1 N–H and O–H groups in total. The summed E-state index contributed by atoms with van der Waals surface area (Å²) in [5, 5.41) is 3.15. The molecule has 0 bridgehead atoms. The van der Waals surface area contributed by atoms with Crippen molar-refractivity contribution >= 4 is 17.6 Å². The molecule has 1 saturated heterocycles. The van der Waals surface area contributed by atoms with Gasteiger partial charge in [0.25, 0.3) is 0 Å². The maximum atomic E-state index is 12.7. The molecule has 0 spiro atoms. The smallest absolute Gasteiger partial charge is 0.340 e. The molecule has 1 amide bonds. The van der Waals surface area contributed by atoms with Gasteiger partial charge in [0.15, 0.2) is 0 Å². The first-order valence-corrected chi connectivity index (χ1v) is 12.9. The van der Waals surface area contributed by atoms with Crippen molar-refractivity contribution in [2.24, 2.45) is 0 Å². The molecule has 0 saturated carbocycles. The Morgan fingerprint density at radius 2 is 1.52 bits per heavy atom. The molecule has 0 radical (unpaired) electrons. The monoisotopic (exact) mass is 459 g/mol. The van der Waals surface area contributed by atoms with E-state index in [0.29, 0.717) is 11.3 Å². The van der Waals surface area contributed by atoms with Gasteiger partial charge in [0.1, 0.15) is 5.60 Å². The van der Waals surface area contributed by atoms with Crippen LogP contribution in [-0.2, 0) is 9.53 Å². The third-order valence-electron chi connectivity index (χ3n) is 6.03. The van der Waals surface area contributed by atoms with Crippen molar-refractivity contribution in [1.82, 2.24) is 9.80 Å². The first-order chi connectivity index (χ1) is 15.8. The number of hydrogen-bond donors (Lipinski definition) is 1. The summed E-state index contributed by atoms with van der Waals surface area (Å²) in [5.41, 5.74) is 0.526. The van der Waals surface area contributed by atoms with Crippen LogP contribution in [-0.4, -0.2) is 66.5 Å². The minimum atomic E-state index is -0.561. The Labute approximate surface area is 201 Å². The first-order valence-electron chi connectivity index (χ1n) is 12.9. The highest BCUT2D eigenvalue weighted by Crippen LogP contribution is 2.19. The summed E-state index contributed by atoms with van der Waals surface area (Å²) in [6, 6.07) is 7.20. The van der Waals surface area contributed by atoms with Gasteiger partial charge in [0.2, 0.25) is 5.91 Å². The number of unbranched alkanes of at least 4 members (excludes halogenated alkanes) is 7. The van der Waals surface area contributed by atoms with E-state index in [1.807, 2.05) is 37.8 Å². The lowest BCUT2D eigenvalue weighted by molar-refractivity contribution is -0.131. The molecule has 186 valence electrons. The number of carbonyl (C=O) groups excluding carboxylic acids is 2. The Morgan fingerprint density at radius 3 is 2.15 bits per heavy atom. The average Bonchev–Trinajstić information content (AvgIpc) is 2.78. The number of benzene rings is 1.